The van der Waals surface area contributed by atoms with Crippen molar-refractivity contribution >= 4 is 32.0 Å². The second-order valence-corrected chi connectivity index (χ2v) is 9.02. The number of nitrogens with one attached hydrogen (secondary N) is 1. The first-order valence-corrected chi connectivity index (χ1v) is 11.0. The number of hydrogen-bond donors (Lipinski definition) is 1. The van der Waals surface area contributed by atoms with Gasteiger partial charge >= 0.3 is 10.2 Å². The van der Waals surface area contributed by atoms with Crippen LogP contribution in [0.3, 0.4) is 0 Å². The summed E-state index contributed by atoms with van der Waals surface area (Å²) >= 11 is 3.11. The van der Waals surface area contributed by atoms with Gasteiger partial charge in [0.1, 0.15) is 17.8 Å². The minimum Gasteiger partial charge on any atom is -0.495 e. The predicted octanol–water partition coefficient (Wildman–Crippen LogP) is 2.45. The number of fused-ring (bicyclic) bond motifs is 1. The summed E-state index contributed by atoms with van der Waals surface area (Å²) in [6.45, 7) is 0.148. The van der Waals surface area contributed by atoms with Crippen LogP contribution in [0, 0.1) is 5.82 Å². The lowest BCUT2D eigenvalue weighted by Gasteiger charge is -2.29. The smallest absolute Gasteiger partial charge is 0.303 e. The first-order chi connectivity index (χ1) is 14.3. The topological polar surface area (TPSA) is 107 Å². The predicted molar refractivity (Wildman–Crippen MR) is 109 cm³/mol. The minimum atomic E-state index is -3.88. The van der Waals surface area contributed by atoms with Crippen LogP contribution in [0.1, 0.15) is 11.3 Å². The van der Waals surface area contributed by atoms with Gasteiger partial charge in [-0.25, -0.2) is 4.39 Å². The van der Waals surface area contributed by atoms with E-state index in [1.54, 1.807) is 6.07 Å². The molecule has 0 saturated heterocycles. The van der Waals surface area contributed by atoms with Gasteiger partial charge in [-0.3, -0.25) is 14.1 Å². The van der Waals surface area contributed by atoms with Gasteiger partial charge in [-0.1, -0.05) is 11.2 Å². The molecule has 1 aromatic carbocycles. The van der Waals surface area contributed by atoms with Gasteiger partial charge in [0.2, 0.25) is 0 Å². The Balaban J connectivity index is 1.74. The molecule has 3 heterocycles. The largest absolute Gasteiger partial charge is 0.495 e. The highest BCUT2D eigenvalue weighted by Gasteiger charge is 2.30. The van der Waals surface area contributed by atoms with E-state index in [2.05, 4.69) is 30.3 Å². The first kappa shape index (κ1) is 20.6. The zero-order chi connectivity index (χ0) is 21.5. The Morgan fingerprint density at radius 2 is 2.10 bits per heavy atom. The van der Waals surface area contributed by atoms with Crippen LogP contribution in [0.25, 0.3) is 5.69 Å². The van der Waals surface area contributed by atoms with Crippen LogP contribution in [0.4, 0.5) is 10.2 Å². The van der Waals surface area contributed by atoms with Crippen LogP contribution in [0.5, 0.6) is 5.75 Å². The third kappa shape index (κ3) is 3.73. The van der Waals surface area contributed by atoms with Gasteiger partial charge in [-0.15, -0.1) is 0 Å². The van der Waals surface area contributed by atoms with Crippen LogP contribution in [0.2, 0.25) is 0 Å². The molecule has 3 aromatic rings. The Morgan fingerprint density at radius 1 is 1.30 bits per heavy atom. The Kier molecular flexibility index (Phi) is 5.38. The molecule has 1 N–H and O–H groups in total. The summed E-state index contributed by atoms with van der Waals surface area (Å²) < 4.78 is 54.6. The molecule has 158 valence electrons. The maximum Gasteiger partial charge on any atom is 0.303 e. The van der Waals surface area contributed by atoms with E-state index in [0.29, 0.717) is 17.0 Å². The number of nitrogens with zero attached hydrogens (tertiary/aromatic N) is 3. The molecule has 12 heteroatoms. The van der Waals surface area contributed by atoms with E-state index in [0.717, 1.165) is 0 Å². The van der Waals surface area contributed by atoms with Crippen molar-refractivity contribution in [1.82, 2.24) is 14.0 Å². The molecule has 1 aliphatic heterocycles. The van der Waals surface area contributed by atoms with Crippen LogP contribution in [-0.4, -0.2) is 36.1 Å². The van der Waals surface area contributed by atoms with Crippen LogP contribution < -0.4 is 15.0 Å². The Morgan fingerprint density at radius 3 is 2.80 bits per heavy atom. The summed E-state index contributed by atoms with van der Waals surface area (Å²) in [6.07, 6.45) is 1.50. The molecule has 0 aliphatic carbocycles. The van der Waals surface area contributed by atoms with Crippen molar-refractivity contribution in [2.24, 2.45) is 0 Å². The zero-order valence-corrected chi connectivity index (χ0v) is 18.0. The van der Waals surface area contributed by atoms with Crippen molar-refractivity contribution < 1.29 is 22.1 Å². The highest BCUT2D eigenvalue weighted by Crippen LogP contribution is 2.31. The van der Waals surface area contributed by atoms with Gasteiger partial charge in [0.05, 0.1) is 17.3 Å². The lowest BCUT2D eigenvalue weighted by atomic mass is 10.1. The van der Waals surface area contributed by atoms with Gasteiger partial charge in [-0.05, 0) is 27.6 Å². The second-order valence-electron chi connectivity index (χ2n) is 6.49. The molecular formula is C18H16BrFN4O5S. The van der Waals surface area contributed by atoms with E-state index in [1.807, 2.05) is 0 Å². The standard InChI is InChI=1S/C18H16BrFN4O5S/c1-28-16-8-12(19)13(20)9-15(16)24-14-4-6-23(10-11(14)2-3-18(24)25)30(26,27)22-17-5-7-29-21-17/h2-3,5,7-9H,4,6,10H2,1H3,(H,21,22). The number of hydrogen-bond acceptors (Lipinski definition) is 6. The number of ether oxygens (including phenoxy) is 1. The minimum absolute atomic E-state index is 0.0319. The Hall–Kier alpha value is -2.70. The van der Waals surface area contributed by atoms with E-state index < -0.39 is 16.0 Å². The molecule has 9 nitrogen and oxygen atoms in total. The summed E-state index contributed by atoms with van der Waals surface area (Å²) in [5, 5.41) is 3.55. The monoisotopic (exact) mass is 498 g/mol. The summed E-state index contributed by atoms with van der Waals surface area (Å²) in [5.41, 5.74) is 1.09. The second kappa shape index (κ2) is 7.85. The third-order valence-corrected chi connectivity index (χ3v) is 6.77. The van der Waals surface area contributed by atoms with Crippen LogP contribution in [0.15, 0.2) is 50.4 Å². The third-order valence-electron chi connectivity index (χ3n) is 4.71. The van der Waals surface area contributed by atoms with Gasteiger partial charge in [-0.2, -0.15) is 12.7 Å². The molecule has 0 atom stereocenters. The average molecular weight is 499 g/mol. The van der Waals surface area contributed by atoms with Crippen molar-refractivity contribution in [3.05, 3.63) is 68.5 Å². The fourth-order valence-electron chi connectivity index (χ4n) is 3.32. The number of benzene rings is 1. The first-order valence-electron chi connectivity index (χ1n) is 8.75. The maximum atomic E-state index is 14.2. The van der Waals surface area contributed by atoms with Crippen molar-refractivity contribution in [3.63, 3.8) is 0 Å². The molecule has 0 amide bonds. The molecular weight excluding hydrogens is 483 g/mol. The van der Waals surface area contributed by atoms with Gasteiger partial charge in [0.15, 0.2) is 5.82 Å². The summed E-state index contributed by atoms with van der Waals surface area (Å²) in [7, 11) is -2.46. The molecule has 0 saturated carbocycles. The molecule has 0 bridgehead atoms. The molecule has 0 unspecified atom stereocenters. The molecule has 4 rings (SSSR count). The highest BCUT2D eigenvalue weighted by atomic mass is 79.9. The molecule has 30 heavy (non-hydrogen) atoms. The number of rotatable bonds is 5. The van der Waals surface area contributed by atoms with Crippen molar-refractivity contribution in [2.75, 3.05) is 18.4 Å². The molecule has 1 aliphatic rings. The van der Waals surface area contributed by atoms with Crippen molar-refractivity contribution in [1.29, 1.82) is 0 Å². The molecule has 0 spiro atoms. The zero-order valence-electron chi connectivity index (χ0n) is 15.6. The van der Waals surface area contributed by atoms with Gasteiger partial charge in [0.25, 0.3) is 5.56 Å². The van der Waals surface area contributed by atoms with Crippen LogP contribution >= 0.6 is 15.9 Å². The fourth-order valence-corrected chi connectivity index (χ4v) is 4.78. The van der Waals surface area contributed by atoms with E-state index in [9.17, 15) is 17.6 Å². The van der Waals surface area contributed by atoms with Crippen LogP contribution in [-0.2, 0) is 23.2 Å². The highest BCUT2D eigenvalue weighted by molar-refractivity contribution is 9.10. The molecule has 0 fully saturated rings. The number of aromatic nitrogens is 2. The normalized spacial score (nSPS) is 14.4. The van der Waals surface area contributed by atoms with Gasteiger partial charge in [0, 0.05) is 43.4 Å². The Labute approximate surface area is 179 Å². The van der Waals surface area contributed by atoms with E-state index in [4.69, 9.17) is 4.74 Å². The summed E-state index contributed by atoms with van der Waals surface area (Å²) in [6, 6.07) is 6.94. The van der Waals surface area contributed by atoms with E-state index >= 15 is 0 Å². The summed E-state index contributed by atoms with van der Waals surface area (Å²) in [5.74, 6) is -0.172. The quantitative estimate of drug-likeness (QED) is 0.578. The summed E-state index contributed by atoms with van der Waals surface area (Å²) in [4.78, 5) is 12.7. The average Bonchev–Trinajstić information content (AvgIpc) is 3.21. The number of methoxy groups -OCH3 is 1. The van der Waals surface area contributed by atoms with E-state index in [-0.39, 0.29) is 41.0 Å². The number of anilines is 1. The SMILES string of the molecule is COc1cc(Br)c(F)cc1-n1c2c(ccc1=O)CN(S(=O)(=O)Nc1ccon1)CC2. The van der Waals surface area contributed by atoms with E-state index in [1.165, 1.54) is 46.5 Å². The lowest BCUT2D eigenvalue weighted by molar-refractivity contribution is 0.384. The number of pyridine rings is 1. The number of halogens is 2. The van der Waals surface area contributed by atoms with Gasteiger partial charge < -0.3 is 9.26 Å². The fraction of sp³-hybridized carbons (Fsp3) is 0.222. The van der Waals surface area contributed by atoms with Crippen molar-refractivity contribution in [3.8, 4) is 11.4 Å². The molecule has 0 radical (unpaired) electrons. The van der Waals surface area contributed by atoms with Crippen molar-refractivity contribution in [2.45, 2.75) is 13.0 Å². The maximum absolute atomic E-state index is 14.2. The Bertz CT molecular complexity index is 1260. The lowest BCUT2D eigenvalue weighted by Crippen LogP contribution is -2.41. The molecule has 2 aromatic heterocycles.